The van der Waals surface area contributed by atoms with Crippen molar-refractivity contribution < 1.29 is 18.3 Å². The van der Waals surface area contributed by atoms with E-state index in [-0.39, 0.29) is 23.0 Å². The summed E-state index contributed by atoms with van der Waals surface area (Å²) in [6.07, 6.45) is 2.51. The molecule has 0 radical (unpaired) electrons. The van der Waals surface area contributed by atoms with E-state index in [1.165, 1.54) is 18.2 Å². The first-order valence-corrected chi connectivity index (χ1v) is 8.56. The molecule has 0 unspecified atom stereocenters. The highest BCUT2D eigenvalue weighted by molar-refractivity contribution is 5.94. The molecule has 132 valence electrons. The van der Waals surface area contributed by atoms with E-state index in [0.717, 1.165) is 19.3 Å². The van der Waals surface area contributed by atoms with Crippen molar-refractivity contribution in [1.29, 1.82) is 0 Å². The van der Waals surface area contributed by atoms with E-state index in [1.807, 2.05) is 0 Å². The average Bonchev–Trinajstić information content (AvgIpc) is 2.64. The van der Waals surface area contributed by atoms with Crippen LogP contribution in [0.25, 0.3) is 0 Å². The number of carbonyl (C=O) groups is 1. The van der Waals surface area contributed by atoms with Crippen LogP contribution in [0.2, 0.25) is 0 Å². The van der Waals surface area contributed by atoms with E-state index in [2.05, 4.69) is 0 Å². The van der Waals surface area contributed by atoms with Crippen LogP contribution in [0.15, 0.2) is 48.5 Å². The largest absolute Gasteiger partial charge is 0.491 e. The molecule has 0 saturated carbocycles. The highest BCUT2D eigenvalue weighted by Crippen LogP contribution is 2.23. The Hall–Kier alpha value is -2.43. The van der Waals surface area contributed by atoms with Gasteiger partial charge in [-0.25, -0.2) is 8.78 Å². The quantitative estimate of drug-likeness (QED) is 0.809. The van der Waals surface area contributed by atoms with E-state index in [1.54, 1.807) is 35.2 Å². The highest BCUT2D eigenvalue weighted by Gasteiger charge is 2.25. The summed E-state index contributed by atoms with van der Waals surface area (Å²) in [5, 5.41) is 0. The van der Waals surface area contributed by atoms with Gasteiger partial charge in [0.05, 0.1) is 12.2 Å². The number of likely N-dealkylation sites (tertiary alicyclic amines) is 1. The second kappa shape index (κ2) is 8.10. The minimum Gasteiger partial charge on any atom is -0.491 e. The van der Waals surface area contributed by atoms with Crippen molar-refractivity contribution in [2.75, 3.05) is 19.7 Å². The fourth-order valence-corrected chi connectivity index (χ4v) is 3.13. The molecule has 2 aromatic carbocycles. The standard InChI is InChI=1S/C20H21F2NO2/c21-17-6-2-1-5-16(17)20(24)23-12-9-15(10-13-23)11-14-25-19-8-4-3-7-18(19)22/h1-8,15H,9-14H2. The van der Waals surface area contributed by atoms with Crippen LogP contribution in [0.3, 0.4) is 0 Å². The molecule has 2 aromatic rings. The Bertz CT molecular complexity index is 727. The Morgan fingerprint density at radius 3 is 2.32 bits per heavy atom. The zero-order chi connectivity index (χ0) is 17.6. The van der Waals surface area contributed by atoms with Gasteiger partial charge in [-0.2, -0.15) is 0 Å². The van der Waals surface area contributed by atoms with Gasteiger partial charge in [-0.3, -0.25) is 4.79 Å². The molecule has 0 aromatic heterocycles. The lowest BCUT2D eigenvalue weighted by Gasteiger charge is -2.32. The van der Waals surface area contributed by atoms with E-state index in [4.69, 9.17) is 4.74 Å². The summed E-state index contributed by atoms with van der Waals surface area (Å²) in [4.78, 5) is 14.1. The maximum atomic E-state index is 13.7. The average molecular weight is 345 g/mol. The first-order chi connectivity index (χ1) is 12.1. The van der Waals surface area contributed by atoms with Crippen LogP contribution in [0.1, 0.15) is 29.6 Å². The predicted molar refractivity (Wildman–Crippen MR) is 91.5 cm³/mol. The molecular weight excluding hydrogens is 324 g/mol. The fourth-order valence-electron chi connectivity index (χ4n) is 3.13. The van der Waals surface area contributed by atoms with Crippen molar-refractivity contribution in [2.24, 2.45) is 5.92 Å². The molecule has 1 saturated heterocycles. The van der Waals surface area contributed by atoms with Crippen LogP contribution in [0, 0.1) is 17.6 Å². The molecule has 1 heterocycles. The van der Waals surface area contributed by atoms with Crippen LogP contribution in [0.5, 0.6) is 5.75 Å². The summed E-state index contributed by atoms with van der Waals surface area (Å²) in [6, 6.07) is 12.4. The fraction of sp³-hybridized carbons (Fsp3) is 0.350. The summed E-state index contributed by atoms with van der Waals surface area (Å²) in [7, 11) is 0. The number of halogens is 2. The monoisotopic (exact) mass is 345 g/mol. The van der Waals surface area contributed by atoms with Crippen molar-refractivity contribution in [3.63, 3.8) is 0 Å². The van der Waals surface area contributed by atoms with Gasteiger partial charge in [0.1, 0.15) is 5.82 Å². The Morgan fingerprint density at radius 1 is 1.00 bits per heavy atom. The number of para-hydroxylation sites is 1. The molecule has 1 aliphatic rings. The van der Waals surface area contributed by atoms with Gasteiger partial charge in [0.2, 0.25) is 0 Å². The second-order valence-electron chi connectivity index (χ2n) is 6.28. The van der Waals surface area contributed by atoms with Gasteiger partial charge in [0, 0.05) is 13.1 Å². The summed E-state index contributed by atoms with van der Waals surface area (Å²) in [6.45, 7) is 1.67. The van der Waals surface area contributed by atoms with Gasteiger partial charge >= 0.3 is 0 Å². The van der Waals surface area contributed by atoms with Crippen molar-refractivity contribution in [3.05, 3.63) is 65.7 Å². The van der Waals surface area contributed by atoms with Gasteiger partial charge in [-0.05, 0) is 49.4 Å². The van der Waals surface area contributed by atoms with Crippen molar-refractivity contribution >= 4 is 5.91 Å². The Morgan fingerprint density at radius 2 is 1.64 bits per heavy atom. The number of hydrogen-bond donors (Lipinski definition) is 0. The second-order valence-corrected chi connectivity index (χ2v) is 6.28. The number of hydrogen-bond acceptors (Lipinski definition) is 2. The van der Waals surface area contributed by atoms with Gasteiger partial charge in [-0.1, -0.05) is 24.3 Å². The number of benzene rings is 2. The first kappa shape index (κ1) is 17.4. The van der Waals surface area contributed by atoms with Gasteiger partial charge < -0.3 is 9.64 Å². The topological polar surface area (TPSA) is 29.5 Å². The Balaban J connectivity index is 1.45. The molecule has 25 heavy (non-hydrogen) atoms. The SMILES string of the molecule is O=C(c1ccccc1F)N1CCC(CCOc2ccccc2F)CC1. The van der Waals surface area contributed by atoms with Crippen LogP contribution < -0.4 is 4.74 Å². The molecular formula is C20H21F2NO2. The van der Waals surface area contributed by atoms with Crippen molar-refractivity contribution in [3.8, 4) is 5.75 Å². The first-order valence-electron chi connectivity index (χ1n) is 8.56. The van der Waals surface area contributed by atoms with Crippen LogP contribution in [-0.2, 0) is 0 Å². The van der Waals surface area contributed by atoms with Crippen LogP contribution >= 0.6 is 0 Å². The van der Waals surface area contributed by atoms with Crippen LogP contribution in [-0.4, -0.2) is 30.5 Å². The predicted octanol–water partition coefficient (Wildman–Crippen LogP) is 4.29. The molecule has 1 aliphatic heterocycles. The molecule has 0 N–H and O–H groups in total. The molecule has 3 nitrogen and oxygen atoms in total. The zero-order valence-corrected chi connectivity index (χ0v) is 14.0. The number of piperidine rings is 1. The minimum absolute atomic E-state index is 0.129. The normalized spacial score (nSPS) is 15.2. The van der Waals surface area contributed by atoms with E-state index in [9.17, 15) is 13.6 Å². The van der Waals surface area contributed by atoms with E-state index >= 15 is 0 Å². The summed E-state index contributed by atoms with van der Waals surface area (Å²) < 4.78 is 32.7. The van der Waals surface area contributed by atoms with Gasteiger partial charge in [0.25, 0.3) is 5.91 Å². The number of ether oxygens (including phenoxy) is 1. The Labute approximate surface area is 146 Å². The maximum Gasteiger partial charge on any atom is 0.256 e. The third-order valence-corrected chi connectivity index (χ3v) is 4.63. The van der Waals surface area contributed by atoms with Crippen molar-refractivity contribution in [2.45, 2.75) is 19.3 Å². The third kappa shape index (κ3) is 4.35. The van der Waals surface area contributed by atoms with Gasteiger partial charge in [0.15, 0.2) is 11.6 Å². The molecule has 0 aliphatic carbocycles. The summed E-state index contributed by atoms with van der Waals surface area (Å²) >= 11 is 0. The lowest BCUT2D eigenvalue weighted by Crippen LogP contribution is -2.39. The maximum absolute atomic E-state index is 13.7. The molecule has 1 amide bonds. The zero-order valence-electron chi connectivity index (χ0n) is 14.0. The molecule has 5 heteroatoms. The van der Waals surface area contributed by atoms with E-state index in [0.29, 0.717) is 25.6 Å². The summed E-state index contributed by atoms with van der Waals surface area (Å²) in [5.41, 5.74) is 0.129. The molecule has 0 spiro atoms. The minimum atomic E-state index is -0.479. The molecule has 0 bridgehead atoms. The number of carbonyl (C=O) groups excluding carboxylic acids is 1. The molecule has 3 rings (SSSR count). The van der Waals surface area contributed by atoms with Gasteiger partial charge in [-0.15, -0.1) is 0 Å². The number of rotatable bonds is 5. The Kier molecular flexibility index (Phi) is 5.64. The lowest BCUT2D eigenvalue weighted by atomic mass is 9.93. The smallest absolute Gasteiger partial charge is 0.256 e. The van der Waals surface area contributed by atoms with Crippen molar-refractivity contribution in [1.82, 2.24) is 4.90 Å². The molecule has 1 fully saturated rings. The summed E-state index contributed by atoms with van der Waals surface area (Å²) in [5.74, 6) is -0.383. The third-order valence-electron chi connectivity index (χ3n) is 4.63. The number of nitrogens with zero attached hydrogens (tertiary/aromatic N) is 1. The molecule has 0 atom stereocenters. The lowest BCUT2D eigenvalue weighted by molar-refractivity contribution is 0.0675. The highest BCUT2D eigenvalue weighted by atomic mass is 19.1. The van der Waals surface area contributed by atoms with Crippen LogP contribution in [0.4, 0.5) is 8.78 Å². The number of amides is 1. The van der Waals surface area contributed by atoms with E-state index < -0.39 is 5.82 Å².